The number of anilines is 1. The van der Waals surface area contributed by atoms with Gasteiger partial charge in [-0.25, -0.2) is 4.79 Å². The van der Waals surface area contributed by atoms with Crippen molar-refractivity contribution in [3.8, 4) is 0 Å². The number of nitrogens with one attached hydrogen (secondary N) is 1. The number of carbonyl (C=O) groups is 2. The Morgan fingerprint density at radius 3 is 2.61 bits per heavy atom. The van der Waals surface area contributed by atoms with Gasteiger partial charge < -0.3 is 15.3 Å². The predicted molar refractivity (Wildman–Crippen MR) is 72.4 cm³/mol. The number of aromatic carboxylic acids is 1. The number of amides is 1. The van der Waals surface area contributed by atoms with Crippen molar-refractivity contribution in [2.75, 3.05) is 25.0 Å². The third kappa shape index (κ3) is 4.37. The smallest absolute Gasteiger partial charge is 0.345 e. The summed E-state index contributed by atoms with van der Waals surface area (Å²) < 4.78 is 0. The van der Waals surface area contributed by atoms with E-state index in [1.807, 2.05) is 13.8 Å². The zero-order chi connectivity index (χ0) is 13.7. The monoisotopic (exact) mass is 270 g/mol. The maximum absolute atomic E-state index is 11.6. The van der Waals surface area contributed by atoms with E-state index in [2.05, 4.69) is 5.32 Å². The van der Waals surface area contributed by atoms with Gasteiger partial charge in [0.2, 0.25) is 5.91 Å². The quantitative estimate of drug-likeness (QED) is 0.824. The van der Waals surface area contributed by atoms with E-state index in [4.69, 9.17) is 5.11 Å². The Bertz CT molecular complexity index is 429. The molecule has 0 aliphatic heterocycles. The van der Waals surface area contributed by atoms with Crippen molar-refractivity contribution in [2.45, 2.75) is 13.8 Å². The summed E-state index contributed by atoms with van der Waals surface area (Å²) in [7, 11) is 1.77. The van der Waals surface area contributed by atoms with Crippen molar-refractivity contribution >= 4 is 28.2 Å². The van der Waals surface area contributed by atoms with E-state index < -0.39 is 5.97 Å². The van der Waals surface area contributed by atoms with Gasteiger partial charge in [0.25, 0.3) is 0 Å². The number of likely N-dealkylation sites (N-methyl/N-ethyl adjacent to an activating group) is 1. The van der Waals surface area contributed by atoms with Crippen LogP contribution in [-0.2, 0) is 4.79 Å². The summed E-state index contributed by atoms with van der Waals surface area (Å²) in [4.78, 5) is 24.4. The first-order valence-corrected chi connectivity index (χ1v) is 6.52. The molecule has 1 rings (SSSR count). The molecule has 0 aromatic carbocycles. The minimum absolute atomic E-state index is 0.0588. The molecule has 18 heavy (non-hydrogen) atoms. The summed E-state index contributed by atoms with van der Waals surface area (Å²) in [6, 6.07) is 3.26. The van der Waals surface area contributed by atoms with Gasteiger partial charge in [-0.15, -0.1) is 11.3 Å². The fourth-order valence-corrected chi connectivity index (χ4v) is 2.12. The van der Waals surface area contributed by atoms with Gasteiger partial charge in [0, 0.05) is 13.6 Å². The van der Waals surface area contributed by atoms with Gasteiger partial charge in [-0.1, -0.05) is 13.8 Å². The number of carbonyl (C=O) groups excluding carboxylic acids is 1. The first-order valence-electron chi connectivity index (χ1n) is 5.71. The summed E-state index contributed by atoms with van der Waals surface area (Å²) in [5, 5.41) is 12.4. The zero-order valence-corrected chi connectivity index (χ0v) is 11.6. The van der Waals surface area contributed by atoms with Crippen LogP contribution in [0.4, 0.5) is 5.00 Å². The minimum Gasteiger partial charge on any atom is -0.477 e. The minimum atomic E-state index is -0.941. The second-order valence-electron chi connectivity index (χ2n) is 4.50. The van der Waals surface area contributed by atoms with Gasteiger partial charge in [0.15, 0.2) is 0 Å². The van der Waals surface area contributed by atoms with Crippen LogP contribution in [0.15, 0.2) is 12.1 Å². The average molecular weight is 270 g/mol. The van der Waals surface area contributed by atoms with E-state index in [1.165, 1.54) is 0 Å². The Kier molecular flexibility index (Phi) is 5.15. The second-order valence-corrected chi connectivity index (χ2v) is 5.56. The van der Waals surface area contributed by atoms with Crippen LogP contribution in [0.5, 0.6) is 0 Å². The standard InChI is InChI=1S/C12H18N2O3S/c1-8(2)6-13-10(15)7-14(3)11-5-4-9(18-11)12(16)17/h4-5,8H,6-7H2,1-3H3,(H,13,15)(H,16,17). The largest absolute Gasteiger partial charge is 0.477 e. The third-order valence-corrected chi connectivity index (χ3v) is 3.45. The first kappa shape index (κ1) is 14.5. The van der Waals surface area contributed by atoms with Gasteiger partial charge in [0.1, 0.15) is 4.88 Å². The van der Waals surface area contributed by atoms with Gasteiger partial charge in [-0.2, -0.15) is 0 Å². The van der Waals surface area contributed by atoms with Gasteiger partial charge in [-0.3, -0.25) is 4.79 Å². The van der Waals surface area contributed by atoms with Crippen LogP contribution in [0.1, 0.15) is 23.5 Å². The van der Waals surface area contributed by atoms with Gasteiger partial charge in [-0.05, 0) is 18.1 Å². The third-order valence-electron chi connectivity index (χ3n) is 2.27. The molecule has 2 N–H and O–H groups in total. The Labute approximate surface area is 110 Å². The van der Waals surface area contributed by atoms with Crippen LogP contribution in [0.2, 0.25) is 0 Å². The van der Waals surface area contributed by atoms with Crippen LogP contribution in [0, 0.1) is 5.92 Å². The van der Waals surface area contributed by atoms with E-state index >= 15 is 0 Å². The molecular weight excluding hydrogens is 252 g/mol. The molecule has 0 unspecified atom stereocenters. The maximum atomic E-state index is 11.6. The summed E-state index contributed by atoms with van der Waals surface area (Å²) in [5.41, 5.74) is 0. The molecule has 0 atom stereocenters. The molecule has 0 saturated carbocycles. The second kappa shape index (κ2) is 6.39. The number of thiophene rings is 1. The van der Waals surface area contributed by atoms with Crippen molar-refractivity contribution in [3.05, 3.63) is 17.0 Å². The van der Waals surface area contributed by atoms with E-state index in [0.717, 1.165) is 16.3 Å². The van der Waals surface area contributed by atoms with Crippen molar-refractivity contribution in [1.82, 2.24) is 5.32 Å². The predicted octanol–water partition coefficient (Wildman–Crippen LogP) is 1.65. The average Bonchev–Trinajstić information content (AvgIpc) is 2.75. The van der Waals surface area contributed by atoms with Crippen molar-refractivity contribution in [2.24, 2.45) is 5.92 Å². The normalized spacial score (nSPS) is 10.4. The Hall–Kier alpha value is -1.56. The Morgan fingerprint density at radius 2 is 2.11 bits per heavy atom. The van der Waals surface area contributed by atoms with Crippen LogP contribution in [0.3, 0.4) is 0 Å². The molecule has 1 amide bonds. The highest BCUT2D eigenvalue weighted by molar-refractivity contribution is 7.17. The lowest BCUT2D eigenvalue weighted by Gasteiger charge is -2.17. The first-order chi connectivity index (χ1) is 8.40. The van der Waals surface area contributed by atoms with E-state index in [0.29, 0.717) is 12.5 Å². The Balaban J connectivity index is 2.51. The molecule has 0 saturated heterocycles. The number of carboxylic acids is 1. The lowest BCUT2D eigenvalue weighted by atomic mass is 10.2. The van der Waals surface area contributed by atoms with Crippen LogP contribution in [0.25, 0.3) is 0 Å². The lowest BCUT2D eigenvalue weighted by Crippen LogP contribution is -2.36. The molecule has 0 fully saturated rings. The maximum Gasteiger partial charge on any atom is 0.345 e. The van der Waals surface area contributed by atoms with Gasteiger partial charge in [0.05, 0.1) is 11.5 Å². The molecule has 5 nitrogen and oxygen atoms in total. The van der Waals surface area contributed by atoms with E-state index in [-0.39, 0.29) is 17.3 Å². The highest BCUT2D eigenvalue weighted by Crippen LogP contribution is 2.24. The molecule has 100 valence electrons. The fraction of sp³-hybridized carbons (Fsp3) is 0.500. The number of hydrogen-bond acceptors (Lipinski definition) is 4. The highest BCUT2D eigenvalue weighted by atomic mass is 32.1. The van der Waals surface area contributed by atoms with Crippen molar-refractivity contribution in [1.29, 1.82) is 0 Å². The molecule has 1 heterocycles. The zero-order valence-electron chi connectivity index (χ0n) is 10.8. The summed E-state index contributed by atoms with van der Waals surface area (Å²) in [6.07, 6.45) is 0. The summed E-state index contributed by atoms with van der Waals surface area (Å²) >= 11 is 1.16. The molecule has 0 aliphatic rings. The molecule has 0 aliphatic carbocycles. The molecule has 0 spiro atoms. The molecule has 6 heteroatoms. The van der Waals surface area contributed by atoms with Gasteiger partial charge >= 0.3 is 5.97 Å². The SMILES string of the molecule is CC(C)CNC(=O)CN(C)c1ccc(C(=O)O)s1. The van der Waals surface area contributed by atoms with Crippen molar-refractivity contribution < 1.29 is 14.7 Å². The van der Waals surface area contributed by atoms with E-state index in [1.54, 1.807) is 24.1 Å². The van der Waals surface area contributed by atoms with Crippen LogP contribution in [-0.4, -0.2) is 37.1 Å². The molecule has 1 aromatic rings. The van der Waals surface area contributed by atoms with E-state index in [9.17, 15) is 9.59 Å². The number of hydrogen-bond donors (Lipinski definition) is 2. The number of carboxylic acid groups (broad SMARTS) is 1. The van der Waals surface area contributed by atoms with Crippen LogP contribution < -0.4 is 10.2 Å². The topological polar surface area (TPSA) is 69.6 Å². The lowest BCUT2D eigenvalue weighted by molar-refractivity contribution is -0.119. The fourth-order valence-electron chi connectivity index (χ4n) is 1.31. The summed E-state index contributed by atoms with van der Waals surface area (Å²) in [6.45, 7) is 4.94. The highest BCUT2D eigenvalue weighted by Gasteiger charge is 2.12. The number of nitrogens with zero attached hydrogens (tertiary/aromatic N) is 1. The van der Waals surface area contributed by atoms with Crippen LogP contribution >= 0.6 is 11.3 Å². The molecular formula is C12H18N2O3S. The summed E-state index contributed by atoms with van der Waals surface area (Å²) in [5.74, 6) is -0.583. The molecule has 0 bridgehead atoms. The van der Waals surface area contributed by atoms with Crippen molar-refractivity contribution in [3.63, 3.8) is 0 Å². The Morgan fingerprint density at radius 1 is 1.44 bits per heavy atom. The number of rotatable bonds is 6. The molecule has 1 aromatic heterocycles. The molecule has 0 radical (unpaired) electrons.